The fraction of sp³-hybridized carbons (Fsp3) is 0.308. The third kappa shape index (κ3) is 2.60. The van der Waals surface area contributed by atoms with Crippen LogP contribution in [0.4, 0.5) is 0 Å². The highest BCUT2D eigenvalue weighted by atomic mass is 32.1. The normalized spacial score (nSPS) is 12.5. The predicted octanol–water partition coefficient (Wildman–Crippen LogP) is 2.80. The largest absolute Gasteiger partial charge is 0.307 e. The van der Waals surface area contributed by atoms with Crippen LogP contribution < -0.4 is 5.32 Å². The molecular weight excluding hydrogens is 216 g/mol. The van der Waals surface area contributed by atoms with Gasteiger partial charge in [-0.05, 0) is 19.1 Å². The highest BCUT2D eigenvalue weighted by molar-refractivity contribution is 7.18. The molecule has 1 unspecified atom stereocenters. The van der Waals surface area contributed by atoms with E-state index in [1.807, 2.05) is 18.2 Å². The standard InChI is InChI=1S/C13H14N2S/c1-3-6-10(2)14-9-13-15-11-7-4-5-8-12(11)16-13/h1,4-5,7-8,10,14H,6,9H2,2H3. The van der Waals surface area contributed by atoms with Crippen LogP contribution >= 0.6 is 11.3 Å². The van der Waals surface area contributed by atoms with Gasteiger partial charge in [-0.3, -0.25) is 0 Å². The molecule has 1 N–H and O–H groups in total. The van der Waals surface area contributed by atoms with Gasteiger partial charge in [0.15, 0.2) is 0 Å². The van der Waals surface area contributed by atoms with Crippen molar-refractivity contribution in [1.29, 1.82) is 0 Å². The number of hydrogen-bond donors (Lipinski definition) is 1. The Morgan fingerprint density at radius 2 is 2.31 bits per heavy atom. The molecule has 1 aromatic heterocycles. The van der Waals surface area contributed by atoms with E-state index >= 15 is 0 Å². The van der Waals surface area contributed by atoms with Crippen LogP contribution in [0.1, 0.15) is 18.4 Å². The van der Waals surface area contributed by atoms with E-state index in [-0.39, 0.29) is 0 Å². The summed E-state index contributed by atoms with van der Waals surface area (Å²) in [6.07, 6.45) is 6.01. The van der Waals surface area contributed by atoms with Crippen molar-refractivity contribution in [3.8, 4) is 12.3 Å². The number of terminal acetylenes is 1. The quantitative estimate of drug-likeness (QED) is 0.817. The van der Waals surface area contributed by atoms with Crippen molar-refractivity contribution in [3.63, 3.8) is 0 Å². The molecule has 0 amide bonds. The lowest BCUT2D eigenvalue weighted by Gasteiger charge is -2.08. The van der Waals surface area contributed by atoms with Gasteiger partial charge in [-0.15, -0.1) is 23.7 Å². The number of rotatable bonds is 4. The van der Waals surface area contributed by atoms with E-state index in [1.54, 1.807) is 11.3 Å². The first-order chi connectivity index (χ1) is 7.79. The smallest absolute Gasteiger partial charge is 0.108 e. The summed E-state index contributed by atoms with van der Waals surface area (Å²) >= 11 is 1.73. The highest BCUT2D eigenvalue weighted by Crippen LogP contribution is 2.21. The number of nitrogens with one attached hydrogen (secondary N) is 1. The van der Waals surface area contributed by atoms with Crippen LogP contribution in [0.2, 0.25) is 0 Å². The van der Waals surface area contributed by atoms with E-state index in [4.69, 9.17) is 6.42 Å². The van der Waals surface area contributed by atoms with Gasteiger partial charge in [0.25, 0.3) is 0 Å². The third-order valence-electron chi connectivity index (χ3n) is 2.36. The number of nitrogens with zero attached hydrogens (tertiary/aromatic N) is 1. The average Bonchev–Trinajstić information content (AvgIpc) is 2.69. The van der Waals surface area contributed by atoms with Crippen molar-refractivity contribution >= 4 is 21.6 Å². The Morgan fingerprint density at radius 1 is 1.50 bits per heavy atom. The van der Waals surface area contributed by atoms with Crippen LogP contribution in [-0.2, 0) is 6.54 Å². The summed E-state index contributed by atoms with van der Waals surface area (Å²) in [6, 6.07) is 8.54. The van der Waals surface area contributed by atoms with Crippen molar-refractivity contribution < 1.29 is 0 Å². The number of hydrogen-bond acceptors (Lipinski definition) is 3. The Bertz CT molecular complexity index is 477. The minimum absolute atomic E-state index is 0.344. The highest BCUT2D eigenvalue weighted by Gasteiger charge is 2.04. The van der Waals surface area contributed by atoms with Crippen molar-refractivity contribution in [1.82, 2.24) is 10.3 Å². The third-order valence-corrected chi connectivity index (χ3v) is 3.40. The molecular formula is C13H14N2S. The molecule has 0 fully saturated rings. The molecule has 0 bridgehead atoms. The SMILES string of the molecule is C#CCC(C)NCc1nc2ccccc2s1. The second kappa shape index (κ2) is 5.11. The molecule has 82 valence electrons. The van der Waals surface area contributed by atoms with Crippen LogP contribution in [0.5, 0.6) is 0 Å². The second-order valence-corrected chi connectivity index (χ2v) is 4.88. The molecule has 3 heteroatoms. The minimum atomic E-state index is 0.344. The molecule has 0 saturated heterocycles. The number of aromatic nitrogens is 1. The van der Waals surface area contributed by atoms with E-state index < -0.39 is 0 Å². The number of thiazole rings is 1. The number of fused-ring (bicyclic) bond motifs is 1. The first kappa shape index (κ1) is 11.1. The van der Waals surface area contributed by atoms with Crippen molar-refractivity contribution in [2.24, 2.45) is 0 Å². The van der Waals surface area contributed by atoms with E-state index in [0.29, 0.717) is 6.04 Å². The molecule has 0 radical (unpaired) electrons. The Kier molecular flexibility index (Phi) is 3.55. The second-order valence-electron chi connectivity index (χ2n) is 3.77. The molecule has 2 rings (SSSR count). The van der Waals surface area contributed by atoms with Gasteiger partial charge >= 0.3 is 0 Å². The summed E-state index contributed by atoms with van der Waals surface area (Å²) in [5.74, 6) is 2.65. The first-order valence-corrected chi connectivity index (χ1v) is 6.12. The molecule has 0 aliphatic heterocycles. The van der Waals surface area contributed by atoms with Crippen LogP contribution in [-0.4, -0.2) is 11.0 Å². The maximum absolute atomic E-state index is 5.26. The molecule has 1 aromatic carbocycles. The summed E-state index contributed by atoms with van der Waals surface area (Å²) in [7, 11) is 0. The maximum atomic E-state index is 5.26. The number of benzene rings is 1. The summed E-state index contributed by atoms with van der Waals surface area (Å²) in [6.45, 7) is 2.88. The zero-order valence-corrected chi connectivity index (χ0v) is 10.1. The maximum Gasteiger partial charge on any atom is 0.108 e. The Balaban J connectivity index is 2.02. The van der Waals surface area contributed by atoms with Gasteiger partial charge < -0.3 is 5.32 Å². The van der Waals surface area contributed by atoms with Gasteiger partial charge in [-0.25, -0.2) is 4.98 Å². The molecule has 2 nitrogen and oxygen atoms in total. The predicted molar refractivity (Wildman–Crippen MR) is 69.4 cm³/mol. The van der Waals surface area contributed by atoms with E-state index in [2.05, 4.69) is 29.2 Å². The molecule has 0 aliphatic carbocycles. The molecule has 16 heavy (non-hydrogen) atoms. The molecule has 2 aromatic rings. The van der Waals surface area contributed by atoms with Crippen molar-refractivity contribution in [3.05, 3.63) is 29.3 Å². The lowest BCUT2D eigenvalue weighted by Crippen LogP contribution is -2.24. The minimum Gasteiger partial charge on any atom is -0.307 e. The zero-order chi connectivity index (χ0) is 11.4. The average molecular weight is 230 g/mol. The monoisotopic (exact) mass is 230 g/mol. The summed E-state index contributed by atoms with van der Waals surface area (Å²) in [5, 5.41) is 4.48. The fourth-order valence-corrected chi connectivity index (χ4v) is 2.42. The molecule has 0 aliphatic rings. The van der Waals surface area contributed by atoms with Crippen molar-refractivity contribution in [2.45, 2.75) is 25.9 Å². The van der Waals surface area contributed by atoms with Crippen molar-refractivity contribution in [2.75, 3.05) is 0 Å². The van der Waals surface area contributed by atoms with Crippen LogP contribution in [0, 0.1) is 12.3 Å². The van der Waals surface area contributed by atoms with E-state index in [9.17, 15) is 0 Å². The Morgan fingerprint density at radius 3 is 3.06 bits per heavy atom. The summed E-state index contributed by atoms with van der Waals surface area (Å²) in [5.41, 5.74) is 1.08. The van der Waals surface area contributed by atoms with Gasteiger partial charge in [0.2, 0.25) is 0 Å². The fourth-order valence-electron chi connectivity index (χ4n) is 1.51. The number of para-hydroxylation sites is 1. The van der Waals surface area contributed by atoms with Gasteiger partial charge in [0.05, 0.1) is 10.2 Å². The Hall–Kier alpha value is -1.37. The summed E-state index contributed by atoms with van der Waals surface area (Å²) < 4.78 is 1.24. The molecule has 0 saturated carbocycles. The van der Waals surface area contributed by atoms with Crippen LogP contribution in [0.3, 0.4) is 0 Å². The van der Waals surface area contributed by atoms with Gasteiger partial charge in [0, 0.05) is 19.0 Å². The van der Waals surface area contributed by atoms with E-state index in [0.717, 1.165) is 23.5 Å². The van der Waals surface area contributed by atoms with Gasteiger partial charge in [0.1, 0.15) is 5.01 Å². The lowest BCUT2D eigenvalue weighted by atomic mass is 10.2. The first-order valence-electron chi connectivity index (χ1n) is 5.31. The summed E-state index contributed by atoms with van der Waals surface area (Å²) in [4.78, 5) is 4.55. The van der Waals surface area contributed by atoms with Crippen LogP contribution in [0.15, 0.2) is 24.3 Å². The van der Waals surface area contributed by atoms with Crippen LogP contribution in [0.25, 0.3) is 10.2 Å². The molecule has 1 heterocycles. The van der Waals surface area contributed by atoms with Gasteiger partial charge in [-0.2, -0.15) is 0 Å². The van der Waals surface area contributed by atoms with Gasteiger partial charge in [-0.1, -0.05) is 12.1 Å². The topological polar surface area (TPSA) is 24.9 Å². The molecule has 1 atom stereocenters. The van der Waals surface area contributed by atoms with E-state index in [1.165, 1.54) is 4.70 Å². The molecule has 0 spiro atoms. The lowest BCUT2D eigenvalue weighted by molar-refractivity contribution is 0.558. The zero-order valence-electron chi connectivity index (χ0n) is 9.23. The Labute approximate surface area is 99.7 Å².